The zero-order chi connectivity index (χ0) is 13.0. The van der Waals surface area contributed by atoms with Crippen LogP contribution in [0.3, 0.4) is 0 Å². The highest BCUT2D eigenvalue weighted by atomic mass is 16.5. The van der Waals surface area contributed by atoms with Crippen LogP contribution in [0.1, 0.15) is 23.7 Å². The van der Waals surface area contributed by atoms with E-state index in [4.69, 9.17) is 9.47 Å². The van der Waals surface area contributed by atoms with Gasteiger partial charge in [-0.05, 0) is 30.7 Å². The fourth-order valence-electron chi connectivity index (χ4n) is 1.72. The Morgan fingerprint density at radius 3 is 2.89 bits per heavy atom. The molecular weight excluding hydrogens is 230 g/mol. The number of esters is 1. The molecule has 0 atom stereocenters. The van der Waals surface area contributed by atoms with Gasteiger partial charge in [-0.25, -0.2) is 4.79 Å². The average molecular weight is 245 g/mol. The summed E-state index contributed by atoms with van der Waals surface area (Å²) in [6.07, 6.45) is 2.54. The minimum atomic E-state index is -0.366. The summed E-state index contributed by atoms with van der Waals surface area (Å²) in [7, 11) is 1.37. The van der Waals surface area contributed by atoms with Crippen LogP contribution in [0.15, 0.2) is 30.5 Å². The van der Waals surface area contributed by atoms with Crippen molar-refractivity contribution in [2.45, 2.75) is 13.3 Å². The first kappa shape index (κ1) is 12.4. The Morgan fingerprint density at radius 2 is 2.17 bits per heavy atom. The molecule has 1 aromatic heterocycles. The number of fused-ring (bicyclic) bond motifs is 1. The highest BCUT2D eigenvalue weighted by Gasteiger charge is 2.11. The summed E-state index contributed by atoms with van der Waals surface area (Å²) >= 11 is 0. The number of hydrogen-bond acceptors (Lipinski definition) is 4. The molecule has 0 N–H and O–H groups in total. The van der Waals surface area contributed by atoms with Gasteiger partial charge in [0.1, 0.15) is 5.75 Å². The maximum Gasteiger partial charge on any atom is 0.338 e. The number of ether oxygens (including phenoxy) is 2. The van der Waals surface area contributed by atoms with Crippen molar-refractivity contribution in [3.05, 3.63) is 36.0 Å². The second kappa shape index (κ2) is 5.49. The highest BCUT2D eigenvalue weighted by molar-refractivity contribution is 6.03. The first-order valence-electron chi connectivity index (χ1n) is 5.86. The second-order valence-corrected chi connectivity index (χ2v) is 3.88. The smallest absolute Gasteiger partial charge is 0.338 e. The summed E-state index contributed by atoms with van der Waals surface area (Å²) in [6, 6.07) is 7.17. The third kappa shape index (κ3) is 2.42. The zero-order valence-corrected chi connectivity index (χ0v) is 10.5. The largest absolute Gasteiger partial charge is 0.494 e. The van der Waals surface area contributed by atoms with E-state index in [2.05, 4.69) is 4.98 Å². The van der Waals surface area contributed by atoms with Crippen LogP contribution in [0, 0.1) is 0 Å². The van der Waals surface area contributed by atoms with Crippen LogP contribution in [0.25, 0.3) is 10.9 Å². The minimum Gasteiger partial charge on any atom is -0.494 e. The standard InChI is InChI=1S/C14H15NO3/c1-3-8-18-10-4-5-13-12(9-10)11(6-7-15-13)14(16)17-2/h4-7,9H,3,8H2,1-2H3. The first-order chi connectivity index (χ1) is 8.76. The van der Waals surface area contributed by atoms with Crippen molar-refractivity contribution in [3.8, 4) is 5.75 Å². The number of nitrogens with zero attached hydrogens (tertiary/aromatic N) is 1. The molecule has 18 heavy (non-hydrogen) atoms. The van der Waals surface area contributed by atoms with Crippen molar-refractivity contribution in [3.63, 3.8) is 0 Å². The van der Waals surface area contributed by atoms with E-state index in [0.29, 0.717) is 12.2 Å². The third-order valence-electron chi connectivity index (χ3n) is 2.59. The zero-order valence-electron chi connectivity index (χ0n) is 10.5. The molecule has 94 valence electrons. The molecule has 0 bridgehead atoms. The highest BCUT2D eigenvalue weighted by Crippen LogP contribution is 2.23. The maximum atomic E-state index is 11.7. The molecule has 0 amide bonds. The molecule has 0 saturated carbocycles. The topological polar surface area (TPSA) is 48.4 Å². The van der Waals surface area contributed by atoms with Crippen LogP contribution in [0.4, 0.5) is 0 Å². The molecule has 4 heteroatoms. The number of pyridine rings is 1. The predicted molar refractivity (Wildman–Crippen MR) is 68.9 cm³/mol. The summed E-state index contributed by atoms with van der Waals surface area (Å²) in [5.74, 6) is 0.373. The summed E-state index contributed by atoms with van der Waals surface area (Å²) in [5, 5.41) is 0.748. The van der Waals surface area contributed by atoms with Gasteiger partial charge < -0.3 is 9.47 Å². The lowest BCUT2D eigenvalue weighted by atomic mass is 10.1. The number of methoxy groups -OCH3 is 1. The normalized spacial score (nSPS) is 10.3. The monoisotopic (exact) mass is 245 g/mol. The maximum absolute atomic E-state index is 11.7. The number of rotatable bonds is 4. The van der Waals surface area contributed by atoms with E-state index in [-0.39, 0.29) is 5.97 Å². The van der Waals surface area contributed by atoms with Crippen molar-refractivity contribution in [1.82, 2.24) is 4.98 Å². The Kier molecular flexibility index (Phi) is 3.77. The summed E-state index contributed by atoms with van der Waals surface area (Å²) in [5.41, 5.74) is 1.26. The number of aromatic nitrogens is 1. The van der Waals surface area contributed by atoms with E-state index in [0.717, 1.165) is 23.1 Å². The molecule has 0 radical (unpaired) electrons. The van der Waals surface area contributed by atoms with E-state index in [1.54, 1.807) is 12.3 Å². The van der Waals surface area contributed by atoms with E-state index in [1.807, 2.05) is 25.1 Å². The van der Waals surface area contributed by atoms with Gasteiger partial charge in [0.15, 0.2) is 0 Å². The number of carbonyl (C=O) groups is 1. The molecule has 0 aliphatic heterocycles. The Balaban J connectivity index is 2.48. The van der Waals surface area contributed by atoms with Crippen LogP contribution >= 0.6 is 0 Å². The van der Waals surface area contributed by atoms with Gasteiger partial charge in [0.25, 0.3) is 0 Å². The van der Waals surface area contributed by atoms with Crippen LogP contribution < -0.4 is 4.74 Å². The number of hydrogen-bond donors (Lipinski definition) is 0. The number of carbonyl (C=O) groups excluding carboxylic acids is 1. The van der Waals surface area contributed by atoms with Gasteiger partial charge in [0.05, 0.1) is 24.8 Å². The lowest BCUT2D eigenvalue weighted by Crippen LogP contribution is -2.03. The minimum absolute atomic E-state index is 0.366. The van der Waals surface area contributed by atoms with Crippen molar-refractivity contribution in [2.24, 2.45) is 0 Å². The molecule has 0 spiro atoms. The Labute approximate surface area is 106 Å². The SMILES string of the molecule is CCCOc1ccc2nccc(C(=O)OC)c2c1. The van der Waals surface area contributed by atoms with Gasteiger partial charge in [0, 0.05) is 11.6 Å². The molecular formula is C14H15NO3. The van der Waals surface area contributed by atoms with Crippen LogP contribution in [0.2, 0.25) is 0 Å². The molecule has 1 heterocycles. The van der Waals surface area contributed by atoms with Gasteiger partial charge in [-0.15, -0.1) is 0 Å². The van der Waals surface area contributed by atoms with Crippen molar-refractivity contribution in [2.75, 3.05) is 13.7 Å². The van der Waals surface area contributed by atoms with Crippen molar-refractivity contribution < 1.29 is 14.3 Å². The Hall–Kier alpha value is -2.10. The Morgan fingerprint density at radius 1 is 1.33 bits per heavy atom. The van der Waals surface area contributed by atoms with Gasteiger partial charge in [-0.3, -0.25) is 4.98 Å². The first-order valence-corrected chi connectivity index (χ1v) is 5.86. The lowest BCUT2D eigenvalue weighted by Gasteiger charge is -2.08. The summed E-state index contributed by atoms with van der Waals surface area (Å²) in [6.45, 7) is 2.70. The van der Waals surface area contributed by atoms with Gasteiger partial charge in [-0.1, -0.05) is 6.92 Å². The Bertz CT molecular complexity index is 566. The summed E-state index contributed by atoms with van der Waals surface area (Å²) < 4.78 is 10.3. The molecule has 1 aromatic carbocycles. The van der Waals surface area contributed by atoms with Gasteiger partial charge in [-0.2, -0.15) is 0 Å². The summed E-state index contributed by atoms with van der Waals surface area (Å²) in [4.78, 5) is 15.9. The van der Waals surface area contributed by atoms with E-state index in [1.165, 1.54) is 7.11 Å². The van der Waals surface area contributed by atoms with E-state index >= 15 is 0 Å². The van der Waals surface area contributed by atoms with Gasteiger partial charge >= 0.3 is 5.97 Å². The van der Waals surface area contributed by atoms with Crippen LogP contribution in [0.5, 0.6) is 5.75 Å². The average Bonchev–Trinajstić information content (AvgIpc) is 2.43. The predicted octanol–water partition coefficient (Wildman–Crippen LogP) is 2.81. The molecule has 0 saturated heterocycles. The third-order valence-corrected chi connectivity index (χ3v) is 2.59. The van der Waals surface area contributed by atoms with Crippen molar-refractivity contribution in [1.29, 1.82) is 0 Å². The van der Waals surface area contributed by atoms with Crippen LogP contribution in [-0.2, 0) is 4.74 Å². The molecule has 0 aliphatic rings. The van der Waals surface area contributed by atoms with E-state index < -0.39 is 0 Å². The quantitative estimate of drug-likeness (QED) is 0.777. The molecule has 2 aromatic rings. The molecule has 2 rings (SSSR count). The molecule has 0 unspecified atom stereocenters. The molecule has 0 fully saturated rings. The van der Waals surface area contributed by atoms with Crippen LogP contribution in [-0.4, -0.2) is 24.7 Å². The lowest BCUT2D eigenvalue weighted by molar-refractivity contribution is 0.0603. The molecule has 4 nitrogen and oxygen atoms in total. The molecule has 0 aliphatic carbocycles. The second-order valence-electron chi connectivity index (χ2n) is 3.88. The number of benzene rings is 1. The fourth-order valence-corrected chi connectivity index (χ4v) is 1.72. The van der Waals surface area contributed by atoms with E-state index in [9.17, 15) is 4.79 Å². The van der Waals surface area contributed by atoms with Gasteiger partial charge in [0.2, 0.25) is 0 Å². The van der Waals surface area contributed by atoms with Crippen molar-refractivity contribution >= 4 is 16.9 Å². The fraction of sp³-hybridized carbons (Fsp3) is 0.286.